The normalized spacial score (nSPS) is 12.6. The second-order valence-corrected chi connectivity index (χ2v) is 3.81. The van der Waals surface area contributed by atoms with E-state index in [9.17, 15) is 0 Å². The third-order valence-electron chi connectivity index (χ3n) is 2.37. The maximum Gasteiger partial charge on any atom is 0.105 e. The molecule has 0 fully saturated rings. The second kappa shape index (κ2) is 5.12. The fourth-order valence-electron chi connectivity index (χ4n) is 1.56. The van der Waals surface area contributed by atoms with E-state index in [-0.39, 0.29) is 6.04 Å². The summed E-state index contributed by atoms with van der Waals surface area (Å²) in [5.41, 5.74) is 3.64. The van der Waals surface area contributed by atoms with Gasteiger partial charge in [-0.1, -0.05) is 11.6 Å². The van der Waals surface area contributed by atoms with Crippen LogP contribution >= 0.6 is 11.6 Å². The highest BCUT2D eigenvalue weighted by Gasteiger charge is 2.14. The molecule has 84 valence electrons. The first-order valence-corrected chi connectivity index (χ1v) is 5.27. The molecular formula is C11H12ClN3O. The van der Waals surface area contributed by atoms with Crippen molar-refractivity contribution in [2.45, 2.75) is 12.5 Å². The molecular weight excluding hydrogens is 226 g/mol. The monoisotopic (exact) mass is 237 g/mol. The van der Waals surface area contributed by atoms with Crippen LogP contribution in [0.15, 0.2) is 41.3 Å². The van der Waals surface area contributed by atoms with Gasteiger partial charge in [0.2, 0.25) is 0 Å². The summed E-state index contributed by atoms with van der Waals surface area (Å²) in [6.45, 7) is 0. The van der Waals surface area contributed by atoms with Crippen molar-refractivity contribution in [3.8, 4) is 0 Å². The van der Waals surface area contributed by atoms with Gasteiger partial charge >= 0.3 is 0 Å². The Morgan fingerprint density at radius 1 is 1.50 bits per heavy atom. The molecule has 0 spiro atoms. The van der Waals surface area contributed by atoms with Crippen LogP contribution in [0, 0.1) is 0 Å². The summed E-state index contributed by atoms with van der Waals surface area (Å²) < 4.78 is 5.27. The Morgan fingerprint density at radius 3 is 3.00 bits per heavy atom. The van der Waals surface area contributed by atoms with Gasteiger partial charge in [0.15, 0.2) is 0 Å². The van der Waals surface area contributed by atoms with Crippen molar-refractivity contribution in [3.63, 3.8) is 0 Å². The van der Waals surface area contributed by atoms with Gasteiger partial charge in [-0.2, -0.15) is 0 Å². The number of nitrogens with two attached hydrogens (primary N) is 1. The van der Waals surface area contributed by atoms with Crippen LogP contribution < -0.4 is 11.3 Å². The number of rotatable bonds is 4. The van der Waals surface area contributed by atoms with Crippen LogP contribution in [-0.2, 0) is 6.42 Å². The third kappa shape index (κ3) is 2.41. The molecule has 1 unspecified atom stereocenters. The van der Waals surface area contributed by atoms with Crippen LogP contribution in [0.5, 0.6) is 0 Å². The van der Waals surface area contributed by atoms with Crippen LogP contribution in [0.25, 0.3) is 0 Å². The standard InChI is InChI=1S/C11H12ClN3O/c12-10-7-14-4-3-9(10)11(15-13)6-8-2-1-5-16-8/h1-5,7,11,15H,6,13H2. The molecule has 3 N–H and O–H groups in total. The molecule has 0 aromatic carbocycles. The summed E-state index contributed by atoms with van der Waals surface area (Å²) >= 11 is 6.05. The lowest BCUT2D eigenvalue weighted by Crippen LogP contribution is -2.29. The highest BCUT2D eigenvalue weighted by Crippen LogP contribution is 2.24. The number of aromatic nitrogens is 1. The fraction of sp³-hybridized carbons (Fsp3) is 0.182. The lowest BCUT2D eigenvalue weighted by atomic mass is 10.0. The van der Waals surface area contributed by atoms with Crippen LogP contribution in [0.3, 0.4) is 0 Å². The molecule has 0 aliphatic heterocycles. The summed E-state index contributed by atoms with van der Waals surface area (Å²) in [6.07, 6.45) is 5.57. The Morgan fingerprint density at radius 2 is 2.38 bits per heavy atom. The van der Waals surface area contributed by atoms with Gasteiger partial charge in [-0.25, -0.2) is 0 Å². The SMILES string of the molecule is NNC(Cc1ccco1)c1ccncc1Cl. The van der Waals surface area contributed by atoms with Crippen molar-refractivity contribution < 1.29 is 4.42 Å². The Bertz CT molecular complexity index is 444. The predicted molar refractivity (Wildman–Crippen MR) is 61.7 cm³/mol. The summed E-state index contributed by atoms with van der Waals surface area (Å²) in [4.78, 5) is 3.93. The van der Waals surface area contributed by atoms with Crippen LogP contribution in [0.1, 0.15) is 17.4 Å². The first-order chi connectivity index (χ1) is 7.81. The molecule has 0 saturated carbocycles. The minimum absolute atomic E-state index is 0.0818. The van der Waals surface area contributed by atoms with E-state index in [0.717, 1.165) is 11.3 Å². The first kappa shape index (κ1) is 11.1. The van der Waals surface area contributed by atoms with Crippen molar-refractivity contribution in [1.82, 2.24) is 10.4 Å². The second-order valence-electron chi connectivity index (χ2n) is 3.40. The molecule has 2 rings (SSSR count). The van der Waals surface area contributed by atoms with Gasteiger partial charge in [0.25, 0.3) is 0 Å². The third-order valence-corrected chi connectivity index (χ3v) is 2.68. The lowest BCUT2D eigenvalue weighted by Gasteiger charge is -2.15. The van der Waals surface area contributed by atoms with Crippen molar-refractivity contribution in [3.05, 3.63) is 53.2 Å². The topological polar surface area (TPSA) is 64.1 Å². The van der Waals surface area contributed by atoms with Crippen molar-refractivity contribution >= 4 is 11.6 Å². The molecule has 4 nitrogen and oxygen atoms in total. The Hall–Kier alpha value is -1.36. The van der Waals surface area contributed by atoms with Gasteiger partial charge in [0.1, 0.15) is 5.76 Å². The highest BCUT2D eigenvalue weighted by atomic mass is 35.5. The zero-order valence-corrected chi connectivity index (χ0v) is 9.32. The number of nitrogens with zero attached hydrogens (tertiary/aromatic N) is 1. The van der Waals surface area contributed by atoms with Gasteiger partial charge in [-0.15, -0.1) is 0 Å². The molecule has 1 atom stereocenters. The smallest absolute Gasteiger partial charge is 0.105 e. The number of pyridine rings is 1. The maximum atomic E-state index is 6.05. The van der Waals surface area contributed by atoms with E-state index >= 15 is 0 Å². The fourth-order valence-corrected chi connectivity index (χ4v) is 1.81. The molecule has 0 bridgehead atoms. The van der Waals surface area contributed by atoms with Crippen molar-refractivity contribution in [2.24, 2.45) is 5.84 Å². The van der Waals surface area contributed by atoms with Crippen LogP contribution in [0.2, 0.25) is 5.02 Å². The van der Waals surface area contributed by atoms with E-state index in [1.165, 1.54) is 0 Å². The van der Waals surface area contributed by atoms with E-state index < -0.39 is 0 Å². The van der Waals surface area contributed by atoms with E-state index in [0.29, 0.717) is 11.4 Å². The number of halogens is 1. The number of hydrogen-bond acceptors (Lipinski definition) is 4. The van der Waals surface area contributed by atoms with Gasteiger partial charge in [0.05, 0.1) is 17.3 Å². The van der Waals surface area contributed by atoms with Crippen LogP contribution in [-0.4, -0.2) is 4.98 Å². The molecule has 0 amide bonds. The summed E-state index contributed by atoms with van der Waals surface area (Å²) in [6, 6.07) is 5.51. The molecule has 0 aliphatic rings. The molecule has 0 aliphatic carbocycles. The lowest BCUT2D eigenvalue weighted by molar-refractivity contribution is 0.454. The van der Waals surface area contributed by atoms with Crippen molar-refractivity contribution in [2.75, 3.05) is 0 Å². The molecule has 0 saturated heterocycles. The molecule has 2 aromatic heterocycles. The zero-order valence-electron chi connectivity index (χ0n) is 8.56. The minimum atomic E-state index is -0.0818. The van der Waals surface area contributed by atoms with E-state index in [1.807, 2.05) is 18.2 Å². The van der Waals surface area contributed by atoms with Gasteiger partial charge < -0.3 is 4.42 Å². The largest absolute Gasteiger partial charge is 0.469 e. The molecule has 2 heterocycles. The quantitative estimate of drug-likeness (QED) is 0.631. The average molecular weight is 238 g/mol. The number of furan rings is 1. The Balaban J connectivity index is 2.20. The first-order valence-electron chi connectivity index (χ1n) is 4.89. The zero-order chi connectivity index (χ0) is 11.4. The summed E-state index contributed by atoms with van der Waals surface area (Å²) in [5, 5.41) is 0.594. The minimum Gasteiger partial charge on any atom is -0.469 e. The van der Waals surface area contributed by atoms with Gasteiger partial charge in [0, 0.05) is 18.8 Å². The Kier molecular flexibility index (Phi) is 3.56. The molecule has 0 radical (unpaired) electrons. The molecule has 2 aromatic rings. The van der Waals surface area contributed by atoms with Gasteiger partial charge in [-0.05, 0) is 23.8 Å². The predicted octanol–water partition coefficient (Wildman–Crippen LogP) is 2.08. The van der Waals surface area contributed by atoms with Crippen molar-refractivity contribution in [1.29, 1.82) is 0 Å². The van der Waals surface area contributed by atoms with Crippen LogP contribution in [0.4, 0.5) is 0 Å². The Labute approximate surface area is 98.4 Å². The number of hydrogen-bond donors (Lipinski definition) is 2. The number of hydrazine groups is 1. The van der Waals surface area contributed by atoms with Gasteiger partial charge in [-0.3, -0.25) is 16.3 Å². The average Bonchev–Trinajstić information content (AvgIpc) is 2.80. The maximum absolute atomic E-state index is 6.05. The highest BCUT2D eigenvalue weighted by molar-refractivity contribution is 6.31. The molecule has 16 heavy (non-hydrogen) atoms. The van der Waals surface area contributed by atoms with E-state index in [2.05, 4.69) is 10.4 Å². The summed E-state index contributed by atoms with van der Waals surface area (Å²) in [7, 11) is 0. The van der Waals surface area contributed by atoms with E-state index in [4.69, 9.17) is 21.9 Å². The molecule has 5 heteroatoms. The van der Waals surface area contributed by atoms with E-state index in [1.54, 1.807) is 18.7 Å². The number of nitrogens with one attached hydrogen (secondary N) is 1. The summed E-state index contributed by atoms with van der Waals surface area (Å²) in [5.74, 6) is 6.38.